The normalized spacial score (nSPS) is 10.3. The van der Waals surface area contributed by atoms with Crippen LogP contribution in [0.3, 0.4) is 0 Å². The van der Waals surface area contributed by atoms with Crippen molar-refractivity contribution in [3.8, 4) is 0 Å². The largest absolute Gasteiger partial charge is 0.375 e. The van der Waals surface area contributed by atoms with Crippen molar-refractivity contribution in [2.75, 3.05) is 17.2 Å². The van der Waals surface area contributed by atoms with E-state index in [2.05, 4.69) is 10.6 Å². The Balaban J connectivity index is 1.99. The highest BCUT2D eigenvalue weighted by Crippen LogP contribution is 2.25. The summed E-state index contributed by atoms with van der Waals surface area (Å²) in [5, 5.41) is 6.95. The standard InChI is InChI=1S/C16H16Cl2N2O/c1-10-4-3-5-14(11(10)2)20-16(21)9-19-15-8-12(17)6-7-13(15)18/h3-8,19H,9H2,1-2H3,(H,20,21). The predicted octanol–water partition coefficient (Wildman–Crippen LogP) is 4.66. The molecule has 2 N–H and O–H groups in total. The lowest BCUT2D eigenvalue weighted by Gasteiger charge is -2.12. The summed E-state index contributed by atoms with van der Waals surface area (Å²) in [6.45, 7) is 4.11. The number of anilines is 2. The van der Waals surface area contributed by atoms with Crippen molar-refractivity contribution in [3.05, 3.63) is 57.6 Å². The van der Waals surface area contributed by atoms with Crippen LogP contribution in [0.2, 0.25) is 10.0 Å². The van der Waals surface area contributed by atoms with E-state index in [0.717, 1.165) is 16.8 Å². The maximum Gasteiger partial charge on any atom is 0.243 e. The molecule has 0 saturated heterocycles. The molecule has 0 aliphatic rings. The number of benzene rings is 2. The van der Waals surface area contributed by atoms with Crippen molar-refractivity contribution in [1.29, 1.82) is 0 Å². The second kappa shape index (κ2) is 6.83. The molecule has 0 unspecified atom stereocenters. The molecular formula is C16H16Cl2N2O. The minimum absolute atomic E-state index is 0.118. The summed E-state index contributed by atoms with van der Waals surface area (Å²) < 4.78 is 0. The van der Waals surface area contributed by atoms with Gasteiger partial charge in [-0.05, 0) is 49.2 Å². The first-order chi connectivity index (χ1) is 9.97. The first kappa shape index (κ1) is 15.7. The van der Waals surface area contributed by atoms with Crippen LogP contribution >= 0.6 is 23.2 Å². The molecule has 2 aromatic rings. The van der Waals surface area contributed by atoms with Crippen LogP contribution in [0.1, 0.15) is 11.1 Å². The van der Waals surface area contributed by atoms with Gasteiger partial charge in [0.15, 0.2) is 0 Å². The lowest BCUT2D eigenvalue weighted by Crippen LogP contribution is -2.22. The van der Waals surface area contributed by atoms with Gasteiger partial charge in [0.2, 0.25) is 5.91 Å². The summed E-state index contributed by atoms with van der Waals surface area (Å²) in [7, 11) is 0. The number of hydrogen-bond acceptors (Lipinski definition) is 2. The Morgan fingerprint density at radius 3 is 2.62 bits per heavy atom. The first-order valence-corrected chi connectivity index (χ1v) is 7.28. The van der Waals surface area contributed by atoms with Crippen LogP contribution in [0.25, 0.3) is 0 Å². The Morgan fingerprint density at radius 1 is 1.10 bits per heavy atom. The number of halogens is 2. The molecule has 1 amide bonds. The quantitative estimate of drug-likeness (QED) is 0.859. The Morgan fingerprint density at radius 2 is 1.86 bits per heavy atom. The fraction of sp³-hybridized carbons (Fsp3) is 0.188. The average Bonchev–Trinajstić information content (AvgIpc) is 2.45. The number of rotatable bonds is 4. The average molecular weight is 323 g/mol. The third kappa shape index (κ3) is 4.13. The van der Waals surface area contributed by atoms with E-state index in [4.69, 9.17) is 23.2 Å². The van der Waals surface area contributed by atoms with Gasteiger partial charge in [-0.3, -0.25) is 4.79 Å². The summed E-state index contributed by atoms with van der Waals surface area (Å²) in [6, 6.07) is 10.9. The molecule has 0 aliphatic heterocycles. The minimum atomic E-state index is -0.139. The summed E-state index contributed by atoms with van der Waals surface area (Å²) in [6.07, 6.45) is 0. The Hall–Kier alpha value is -1.71. The van der Waals surface area contributed by atoms with E-state index < -0.39 is 0 Å². The van der Waals surface area contributed by atoms with Crippen LogP contribution in [0, 0.1) is 13.8 Å². The van der Waals surface area contributed by atoms with E-state index in [1.54, 1.807) is 18.2 Å². The summed E-state index contributed by atoms with van der Waals surface area (Å²) in [4.78, 5) is 12.0. The predicted molar refractivity (Wildman–Crippen MR) is 89.5 cm³/mol. The molecule has 2 aromatic carbocycles. The van der Waals surface area contributed by atoms with Crippen LogP contribution in [-0.2, 0) is 4.79 Å². The zero-order valence-electron chi connectivity index (χ0n) is 11.8. The zero-order chi connectivity index (χ0) is 15.4. The molecule has 0 saturated carbocycles. The van der Waals surface area contributed by atoms with Gasteiger partial charge in [-0.2, -0.15) is 0 Å². The van der Waals surface area contributed by atoms with E-state index in [-0.39, 0.29) is 12.5 Å². The maximum absolute atomic E-state index is 12.0. The minimum Gasteiger partial charge on any atom is -0.375 e. The molecule has 110 valence electrons. The van der Waals surface area contributed by atoms with Crippen LogP contribution in [0.15, 0.2) is 36.4 Å². The second-order valence-corrected chi connectivity index (χ2v) is 5.62. The monoisotopic (exact) mass is 322 g/mol. The number of nitrogens with one attached hydrogen (secondary N) is 2. The number of carbonyl (C=O) groups excluding carboxylic acids is 1. The van der Waals surface area contributed by atoms with Gasteiger partial charge in [-0.1, -0.05) is 35.3 Å². The van der Waals surface area contributed by atoms with Crippen molar-refractivity contribution in [2.24, 2.45) is 0 Å². The molecule has 21 heavy (non-hydrogen) atoms. The van der Waals surface area contributed by atoms with Gasteiger partial charge < -0.3 is 10.6 Å². The Labute approximate surface area is 134 Å². The van der Waals surface area contributed by atoms with Crippen LogP contribution in [0.5, 0.6) is 0 Å². The topological polar surface area (TPSA) is 41.1 Å². The highest BCUT2D eigenvalue weighted by atomic mass is 35.5. The molecule has 0 atom stereocenters. The summed E-state index contributed by atoms with van der Waals surface area (Å²) >= 11 is 11.9. The van der Waals surface area contributed by atoms with E-state index in [9.17, 15) is 4.79 Å². The molecule has 0 fully saturated rings. The van der Waals surface area contributed by atoms with Crippen molar-refractivity contribution in [3.63, 3.8) is 0 Å². The van der Waals surface area contributed by atoms with Gasteiger partial charge >= 0.3 is 0 Å². The maximum atomic E-state index is 12.0. The SMILES string of the molecule is Cc1cccc(NC(=O)CNc2cc(Cl)ccc2Cl)c1C. The van der Waals surface area contributed by atoms with E-state index in [0.29, 0.717) is 15.7 Å². The second-order valence-electron chi connectivity index (χ2n) is 4.77. The zero-order valence-corrected chi connectivity index (χ0v) is 13.3. The highest BCUT2D eigenvalue weighted by molar-refractivity contribution is 6.35. The molecule has 3 nitrogen and oxygen atoms in total. The van der Waals surface area contributed by atoms with E-state index in [1.165, 1.54) is 0 Å². The van der Waals surface area contributed by atoms with Crippen molar-refractivity contribution < 1.29 is 4.79 Å². The van der Waals surface area contributed by atoms with Crippen molar-refractivity contribution >= 4 is 40.5 Å². The Kier molecular flexibility index (Phi) is 5.10. The molecule has 0 spiro atoms. The molecule has 0 heterocycles. The lowest BCUT2D eigenvalue weighted by atomic mass is 10.1. The number of aryl methyl sites for hydroxylation is 1. The van der Waals surface area contributed by atoms with Gasteiger partial charge in [0.25, 0.3) is 0 Å². The molecule has 0 radical (unpaired) electrons. The van der Waals surface area contributed by atoms with Gasteiger partial charge in [-0.25, -0.2) is 0 Å². The number of hydrogen-bond donors (Lipinski definition) is 2. The van der Waals surface area contributed by atoms with E-state index >= 15 is 0 Å². The van der Waals surface area contributed by atoms with Gasteiger partial charge in [-0.15, -0.1) is 0 Å². The van der Waals surface area contributed by atoms with Crippen LogP contribution in [0.4, 0.5) is 11.4 Å². The first-order valence-electron chi connectivity index (χ1n) is 6.52. The van der Waals surface area contributed by atoms with Crippen LogP contribution < -0.4 is 10.6 Å². The molecule has 5 heteroatoms. The fourth-order valence-corrected chi connectivity index (χ4v) is 2.25. The van der Waals surface area contributed by atoms with E-state index in [1.807, 2.05) is 32.0 Å². The molecule has 2 rings (SSSR count). The van der Waals surface area contributed by atoms with Crippen molar-refractivity contribution in [2.45, 2.75) is 13.8 Å². The Bertz CT molecular complexity index is 671. The number of carbonyl (C=O) groups is 1. The third-order valence-electron chi connectivity index (χ3n) is 3.25. The van der Waals surface area contributed by atoms with Crippen molar-refractivity contribution in [1.82, 2.24) is 0 Å². The highest BCUT2D eigenvalue weighted by Gasteiger charge is 2.07. The smallest absolute Gasteiger partial charge is 0.243 e. The summed E-state index contributed by atoms with van der Waals surface area (Å²) in [5.74, 6) is -0.139. The van der Waals surface area contributed by atoms with Gasteiger partial charge in [0.05, 0.1) is 17.3 Å². The van der Waals surface area contributed by atoms with Crippen LogP contribution in [-0.4, -0.2) is 12.5 Å². The molecule has 0 aromatic heterocycles. The molecular weight excluding hydrogens is 307 g/mol. The fourth-order valence-electron chi connectivity index (χ4n) is 1.89. The lowest BCUT2D eigenvalue weighted by molar-refractivity contribution is -0.114. The summed E-state index contributed by atoms with van der Waals surface area (Å²) in [5.41, 5.74) is 3.66. The molecule has 0 bridgehead atoms. The third-order valence-corrected chi connectivity index (χ3v) is 3.81. The molecule has 0 aliphatic carbocycles. The van der Waals surface area contributed by atoms with Gasteiger partial charge in [0, 0.05) is 10.7 Å². The number of amides is 1. The van der Waals surface area contributed by atoms with Gasteiger partial charge in [0.1, 0.15) is 0 Å².